The van der Waals surface area contributed by atoms with E-state index in [9.17, 15) is 4.39 Å². The molecular weight excluding hydrogens is 279 g/mol. The van der Waals surface area contributed by atoms with E-state index in [0.29, 0.717) is 12.1 Å². The molecule has 1 aromatic carbocycles. The molecule has 0 unspecified atom stereocenters. The summed E-state index contributed by atoms with van der Waals surface area (Å²) in [6.07, 6.45) is 7.91. The average molecular weight is 300 g/mol. The highest BCUT2D eigenvalue weighted by atomic mass is 19.1. The number of fused-ring (bicyclic) bond motifs is 1. The van der Waals surface area contributed by atoms with Gasteiger partial charge in [-0.2, -0.15) is 0 Å². The molecule has 0 spiro atoms. The standard InChI is InChI=1S/C17H21FN4/c18-12-4-5-16-15(8-12)17(20-11-19-16)21-13-9-14(10-13)22-6-2-1-3-7-22/h4-5,8,11,13-14H,1-3,6-7,9-10H2,(H,19,20,21). The number of anilines is 1. The first-order valence-corrected chi connectivity index (χ1v) is 8.20. The van der Waals surface area contributed by atoms with Gasteiger partial charge in [0.05, 0.1) is 5.52 Å². The van der Waals surface area contributed by atoms with Gasteiger partial charge in [-0.3, -0.25) is 0 Å². The summed E-state index contributed by atoms with van der Waals surface area (Å²) in [7, 11) is 0. The summed E-state index contributed by atoms with van der Waals surface area (Å²) in [4.78, 5) is 11.1. The number of hydrogen-bond donors (Lipinski definition) is 1. The summed E-state index contributed by atoms with van der Waals surface area (Å²) in [6.45, 7) is 2.50. The van der Waals surface area contributed by atoms with Crippen LogP contribution in [0.3, 0.4) is 0 Å². The predicted molar refractivity (Wildman–Crippen MR) is 85.4 cm³/mol. The van der Waals surface area contributed by atoms with Gasteiger partial charge in [-0.25, -0.2) is 14.4 Å². The van der Waals surface area contributed by atoms with Gasteiger partial charge in [0.1, 0.15) is 18.0 Å². The number of likely N-dealkylation sites (tertiary alicyclic amines) is 1. The van der Waals surface area contributed by atoms with Gasteiger partial charge in [0, 0.05) is 17.5 Å². The second kappa shape index (κ2) is 5.80. The minimum atomic E-state index is -0.245. The molecule has 2 aromatic rings. The van der Waals surface area contributed by atoms with Crippen molar-refractivity contribution in [3.05, 3.63) is 30.3 Å². The molecule has 1 aromatic heterocycles. The molecule has 0 radical (unpaired) electrons. The topological polar surface area (TPSA) is 41.1 Å². The molecule has 2 heterocycles. The summed E-state index contributed by atoms with van der Waals surface area (Å²) in [5.41, 5.74) is 0.783. The highest BCUT2D eigenvalue weighted by Crippen LogP contribution is 2.31. The molecule has 2 fully saturated rings. The molecule has 1 saturated heterocycles. The van der Waals surface area contributed by atoms with Gasteiger partial charge in [0.2, 0.25) is 0 Å². The number of piperidine rings is 1. The number of nitrogens with zero attached hydrogens (tertiary/aromatic N) is 3. The first kappa shape index (κ1) is 13.9. The Morgan fingerprint density at radius 1 is 1.09 bits per heavy atom. The molecular formula is C17H21FN4. The molecule has 1 saturated carbocycles. The Morgan fingerprint density at radius 2 is 1.91 bits per heavy atom. The molecule has 4 nitrogen and oxygen atoms in total. The van der Waals surface area contributed by atoms with Crippen molar-refractivity contribution in [3.8, 4) is 0 Å². The lowest BCUT2D eigenvalue weighted by atomic mass is 9.84. The fourth-order valence-electron chi connectivity index (χ4n) is 3.62. The summed E-state index contributed by atoms with van der Waals surface area (Å²) in [5, 5.41) is 4.24. The van der Waals surface area contributed by atoms with Crippen LogP contribution >= 0.6 is 0 Å². The number of hydrogen-bond acceptors (Lipinski definition) is 4. The van der Waals surface area contributed by atoms with Crippen molar-refractivity contribution >= 4 is 16.7 Å². The summed E-state index contributed by atoms with van der Waals surface area (Å²) in [6, 6.07) is 5.80. The highest BCUT2D eigenvalue weighted by Gasteiger charge is 2.34. The maximum absolute atomic E-state index is 13.5. The Balaban J connectivity index is 1.43. The third kappa shape index (κ3) is 2.65. The van der Waals surface area contributed by atoms with Crippen LogP contribution in [0.1, 0.15) is 32.1 Å². The van der Waals surface area contributed by atoms with Crippen LogP contribution in [0.15, 0.2) is 24.5 Å². The SMILES string of the molecule is Fc1ccc2ncnc(NC3CC(N4CCCCC4)C3)c2c1. The first-order chi connectivity index (χ1) is 10.8. The Kier molecular flexibility index (Phi) is 3.66. The molecule has 1 aliphatic heterocycles. The van der Waals surface area contributed by atoms with Crippen LogP contribution in [0.4, 0.5) is 10.2 Å². The van der Waals surface area contributed by atoms with E-state index >= 15 is 0 Å². The van der Waals surface area contributed by atoms with Gasteiger partial charge in [-0.15, -0.1) is 0 Å². The Hall–Kier alpha value is -1.75. The van der Waals surface area contributed by atoms with E-state index in [1.54, 1.807) is 12.4 Å². The largest absolute Gasteiger partial charge is 0.367 e. The number of rotatable bonds is 3. The van der Waals surface area contributed by atoms with Crippen molar-refractivity contribution in [2.75, 3.05) is 18.4 Å². The van der Waals surface area contributed by atoms with Crippen molar-refractivity contribution in [3.63, 3.8) is 0 Å². The fourth-order valence-corrected chi connectivity index (χ4v) is 3.62. The molecule has 2 aliphatic rings. The van der Waals surface area contributed by atoms with E-state index in [1.165, 1.54) is 44.5 Å². The van der Waals surface area contributed by atoms with E-state index in [-0.39, 0.29) is 5.82 Å². The van der Waals surface area contributed by atoms with Gasteiger partial charge >= 0.3 is 0 Å². The molecule has 22 heavy (non-hydrogen) atoms. The lowest BCUT2D eigenvalue weighted by Gasteiger charge is -2.45. The van der Waals surface area contributed by atoms with E-state index in [2.05, 4.69) is 20.2 Å². The van der Waals surface area contributed by atoms with Crippen LogP contribution in [0, 0.1) is 5.82 Å². The zero-order valence-corrected chi connectivity index (χ0v) is 12.6. The van der Waals surface area contributed by atoms with Crippen LogP contribution in [0.25, 0.3) is 10.9 Å². The quantitative estimate of drug-likeness (QED) is 0.945. The lowest BCUT2D eigenvalue weighted by Crippen LogP contribution is -2.51. The average Bonchev–Trinajstić information content (AvgIpc) is 2.51. The van der Waals surface area contributed by atoms with Gasteiger partial charge in [-0.1, -0.05) is 6.42 Å². The van der Waals surface area contributed by atoms with Gasteiger partial charge in [0.15, 0.2) is 0 Å². The first-order valence-electron chi connectivity index (χ1n) is 8.20. The number of halogens is 1. The Morgan fingerprint density at radius 3 is 2.73 bits per heavy atom. The third-order valence-corrected chi connectivity index (χ3v) is 4.96. The summed E-state index contributed by atoms with van der Waals surface area (Å²) in [5.74, 6) is 0.511. The van der Waals surface area contributed by atoms with Gasteiger partial charge in [0.25, 0.3) is 0 Å². The van der Waals surface area contributed by atoms with Crippen LogP contribution < -0.4 is 5.32 Å². The van der Waals surface area contributed by atoms with Gasteiger partial charge < -0.3 is 10.2 Å². The van der Waals surface area contributed by atoms with E-state index in [1.807, 2.05) is 0 Å². The minimum absolute atomic E-state index is 0.245. The van der Waals surface area contributed by atoms with E-state index in [0.717, 1.165) is 29.6 Å². The number of benzene rings is 1. The highest BCUT2D eigenvalue weighted by molar-refractivity contribution is 5.88. The Labute approximate surface area is 129 Å². The maximum atomic E-state index is 13.5. The van der Waals surface area contributed by atoms with Crippen LogP contribution in [-0.4, -0.2) is 40.0 Å². The van der Waals surface area contributed by atoms with Gasteiger partial charge in [-0.05, 0) is 57.0 Å². The van der Waals surface area contributed by atoms with Crippen molar-refractivity contribution in [1.82, 2.24) is 14.9 Å². The normalized spacial score (nSPS) is 25.9. The fraction of sp³-hybridized carbons (Fsp3) is 0.529. The molecule has 1 N–H and O–H groups in total. The number of aromatic nitrogens is 2. The summed E-state index contributed by atoms with van der Waals surface area (Å²) < 4.78 is 13.5. The summed E-state index contributed by atoms with van der Waals surface area (Å²) >= 11 is 0. The molecule has 0 atom stereocenters. The smallest absolute Gasteiger partial charge is 0.137 e. The molecule has 0 bridgehead atoms. The Bertz CT molecular complexity index is 663. The van der Waals surface area contributed by atoms with Crippen molar-refractivity contribution in [2.45, 2.75) is 44.2 Å². The lowest BCUT2D eigenvalue weighted by molar-refractivity contribution is 0.0959. The monoisotopic (exact) mass is 300 g/mol. The van der Waals surface area contributed by atoms with E-state index in [4.69, 9.17) is 0 Å². The number of nitrogens with one attached hydrogen (secondary N) is 1. The van der Waals surface area contributed by atoms with Crippen molar-refractivity contribution in [1.29, 1.82) is 0 Å². The molecule has 0 amide bonds. The van der Waals surface area contributed by atoms with Crippen LogP contribution in [-0.2, 0) is 0 Å². The maximum Gasteiger partial charge on any atom is 0.137 e. The van der Waals surface area contributed by atoms with Crippen molar-refractivity contribution < 1.29 is 4.39 Å². The molecule has 5 heteroatoms. The molecule has 4 rings (SSSR count). The predicted octanol–water partition coefficient (Wildman–Crippen LogP) is 3.20. The van der Waals surface area contributed by atoms with E-state index < -0.39 is 0 Å². The minimum Gasteiger partial charge on any atom is -0.367 e. The zero-order valence-electron chi connectivity index (χ0n) is 12.6. The molecule has 116 valence electrons. The van der Waals surface area contributed by atoms with Crippen LogP contribution in [0.5, 0.6) is 0 Å². The zero-order chi connectivity index (χ0) is 14.9. The second-order valence-electron chi connectivity index (χ2n) is 6.45. The molecule has 1 aliphatic carbocycles. The van der Waals surface area contributed by atoms with Crippen LogP contribution in [0.2, 0.25) is 0 Å². The second-order valence-corrected chi connectivity index (χ2v) is 6.45. The third-order valence-electron chi connectivity index (χ3n) is 4.96. The van der Waals surface area contributed by atoms with Crippen molar-refractivity contribution in [2.24, 2.45) is 0 Å².